The quantitative estimate of drug-likeness (QED) is 0.850. The highest BCUT2D eigenvalue weighted by Crippen LogP contribution is 2.26. The summed E-state index contributed by atoms with van der Waals surface area (Å²) >= 11 is 0. The lowest BCUT2D eigenvalue weighted by Gasteiger charge is -2.20. The molecule has 1 aliphatic rings. The van der Waals surface area contributed by atoms with Gasteiger partial charge in [0.15, 0.2) is 0 Å². The fraction of sp³-hybridized carbons (Fsp3) is 0.562. The van der Waals surface area contributed by atoms with Gasteiger partial charge in [-0.25, -0.2) is 0 Å². The topological polar surface area (TPSA) is 39.1 Å². The SMILES string of the molecule is CCCNC(C#N)CN1CCC(c2ccccc2)C1. The highest BCUT2D eigenvalue weighted by Gasteiger charge is 2.25. The van der Waals surface area contributed by atoms with E-state index in [1.807, 2.05) is 0 Å². The van der Waals surface area contributed by atoms with Crippen LogP contribution in [0.1, 0.15) is 31.2 Å². The van der Waals surface area contributed by atoms with Crippen molar-refractivity contribution in [3.8, 4) is 6.07 Å². The van der Waals surface area contributed by atoms with Gasteiger partial charge >= 0.3 is 0 Å². The summed E-state index contributed by atoms with van der Waals surface area (Å²) in [4.78, 5) is 2.41. The van der Waals surface area contributed by atoms with E-state index < -0.39 is 0 Å². The van der Waals surface area contributed by atoms with Gasteiger partial charge < -0.3 is 10.2 Å². The van der Waals surface area contributed by atoms with Gasteiger partial charge in [-0.1, -0.05) is 37.3 Å². The molecular weight excluding hydrogens is 234 g/mol. The maximum absolute atomic E-state index is 9.16. The Hall–Kier alpha value is -1.37. The molecule has 1 heterocycles. The zero-order chi connectivity index (χ0) is 13.5. The molecule has 1 saturated heterocycles. The third-order valence-corrected chi connectivity index (χ3v) is 3.78. The lowest BCUT2D eigenvalue weighted by Crippen LogP contribution is -2.39. The van der Waals surface area contributed by atoms with E-state index in [2.05, 4.69) is 53.5 Å². The van der Waals surface area contributed by atoms with Crippen LogP contribution in [-0.4, -0.2) is 37.1 Å². The third-order valence-electron chi connectivity index (χ3n) is 3.78. The molecule has 1 aromatic rings. The van der Waals surface area contributed by atoms with E-state index in [4.69, 9.17) is 5.26 Å². The van der Waals surface area contributed by atoms with Crippen LogP contribution in [0.2, 0.25) is 0 Å². The first-order valence-electron chi connectivity index (χ1n) is 7.23. The van der Waals surface area contributed by atoms with Gasteiger partial charge in [-0.2, -0.15) is 5.26 Å². The summed E-state index contributed by atoms with van der Waals surface area (Å²) in [5.74, 6) is 0.631. The lowest BCUT2D eigenvalue weighted by molar-refractivity contribution is 0.310. The summed E-state index contributed by atoms with van der Waals surface area (Å²) in [5, 5.41) is 12.5. The Bertz CT molecular complexity index is 410. The fourth-order valence-electron chi connectivity index (χ4n) is 2.72. The summed E-state index contributed by atoms with van der Waals surface area (Å²) in [6, 6.07) is 13.0. The van der Waals surface area contributed by atoms with E-state index in [0.29, 0.717) is 5.92 Å². The molecule has 2 unspecified atom stereocenters. The number of benzene rings is 1. The average molecular weight is 257 g/mol. The predicted molar refractivity (Wildman–Crippen MR) is 77.9 cm³/mol. The van der Waals surface area contributed by atoms with Gasteiger partial charge in [0.05, 0.1) is 6.07 Å². The summed E-state index contributed by atoms with van der Waals surface area (Å²) in [6.45, 7) is 6.08. The van der Waals surface area contributed by atoms with Gasteiger partial charge in [0.2, 0.25) is 0 Å². The van der Waals surface area contributed by atoms with Crippen LogP contribution < -0.4 is 5.32 Å². The van der Waals surface area contributed by atoms with Crippen molar-refractivity contribution in [1.29, 1.82) is 5.26 Å². The lowest BCUT2D eigenvalue weighted by atomic mass is 9.99. The smallest absolute Gasteiger partial charge is 0.108 e. The molecule has 1 fully saturated rings. The Kier molecular flexibility index (Phi) is 5.38. The molecule has 0 bridgehead atoms. The Balaban J connectivity index is 1.83. The van der Waals surface area contributed by atoms with Crippen molar-refractivity contribution in [3.05, 3.63) is 35.9 Å². The van der Waals surface area contributed by atoms with Crippen LogP contribution >= 0.6 is 0 Å². The number of nitriles is 1. The van der Waals surface area contributed by atoms with Crippen molar-refractivity contribution in [1.82, 2.24) is 10.2 Å². The molecule has 1 aromatic carbocycles. The maximum Gasteiger partial charge on any atom is 0.108 e. The predicted octanol–water partition coefficient (Wildman–Crippen LogP) is 2.37. The number of hydrogen-bond acceptors (Lipinski definition) is 3. The van der Waals surface area contributed by atoms with Crippen LogP contribution in [0.15, 0.2) is 30.3 Å². The number of likely N-dealkylation sites (tertiary alicyclic amines) is 1. The van der Waals surface area contributed by atoms with Gasteiger partial charge in [0.1, 0.15) is 6.04 Å². The third kappa shape index (κ3) is 4.05. The van der Waals surface area contributed by atoms with E-state index in [1.54, 1.807) is 0 Å². The Labute approximate surface area is 116 Å². The standard InChI is InChI=1S/C16H23N3/c1-2-9-18-16(11-17)13-19-10-8-15(12-19)14-6-4-3-5-7-14/h3-7,15-16,18H,2,8-10,12-13H2,1H3. The average Bonchev–Trinajstić information content (AvgIpc) is 2.93. The molecule has 102 valence electrons. The number of rotatable bonds is 6. The Morgan fingerprint density at radius 1 is 1.42 bits per heavy atom. The molecule has 1 aliphatic heterocycles. The molecule has 3 nitrogen and oxygen atoms in total. The Morgan fingerprint density at radius 3 is 2.89 bits per heavy atom. The van der Waals surface area contributed by atoms with Gasteiger partial charge in [0, 0.05) is 13.1 Å². The van der Waals surface area contributed by atoms with Gasteiger partial charge in [-0.15, -0.1) is 0 Å². The van der Waals surface area contributed by atoms with E-state index in [0.717, 1.165) is 32.6 Å². The van der Waals surface area contributed by atoms with Crippen molar-refractivity contribution in [2.24, 2.45) is 0 Å². The van der Waals surface area contributed by atoms with Crippen molar-refractivity contribution >= 4 is 0 Å². The first kappa shape index (κ1) is 14.0. The molecule has 19 heavy (non-hydrogen) atoms. The molecule has 0 radical (unpaired) electrons. The van der Waals surface area contributed by atoms with Crippen LogP contribution in [0.4, 0.5) is 0 Å². The Morgan fingerprint density at radius 2 is 2.21 bits per heavy atom. The molecule has 0 amide bonds. The summed E-state index contributed by atoms with van der Waals surface area (Å²) in [7, 11) is 0. The number of nitrogens with one attached hydrogen (secondary N) is 1. The van der Waals surface area contributed by atoms with Gasteiger partial charge in [-0.3, -0.25) is 0 Å². The van der Waals surface area contributed by atoms with Crippen LogP contribution in [0.3, 0.4) is 0 Å². The van der Waals surface area contributed by atoms with Crippen molar-refractivity contribution < 1.29 is 0 Å². The molecule has 2 rings (SSSR count). The van der Waals surface area contributed by atoms with Crippen LogP contribution in [0.5, 0.6) is 0 Å². The van der Waals surface area contributed by atoms with E-state index >= 15 is 0 Å². The number of nitrogens with zero attached hydrogens (tertiary/aromatic N) is 2. The largest absolute Gasteiger partial charge is 0.301 e. The highest BCUT2D eigenvalue weighted by molar-refractivity contribution is 5.21. The van der Waals surface area contributed by atoms with Crippen LogP contribution in [0, 0.1) is 11.3 Å². The van der Waals surface area contributed by atoms with Crippen LogP contribution in [-0.2, 0) is 0 Å². The van der Waals surface area contributed by atoms with Crippen molar-refractivity contribution in [2.75, 3.05) is 26.2 Å². The molecule has 3 heteroatoms. The highest BCUT2D eigenvalue weighted by atomic mass is 15.2. The molecule has 0 saturated carbocycles. The first-order valence-corrected chi connectivity index (χ1v) is 7.23. The minimum atomic E-state index is -0.0329. The monoisotopic (exact) mass is 257 g/mol. The second-order valence-electron chi connectivity index (χ2n) is 5.29. The zero-order valence-corrected chi connectivity index (χ0v) is 11.7. The van der Waals surface area contributed by atoms with E-state index in [9.17, 15) is 0 Å². The minimum absolute atomic E-state index is 0.0329. The van der Waals surface area contributed by atoms with Crippen molar-refractivity contribution in [2.45, 2.75) is 31.7 Å². The molecular formula is C16H23N3. The maximum atomic E-state index is 9.16. The molecule has 0 aromatic heterocycles. The molecule has 0 spiro atoms. The van der Waals surface area contributed by atoms with E-state index in [1.165, 1.54) is 12.0 Å². The zero-order valence-electron chi connectivity index (χ0n) is 11.7. The normalized spacial score (nSPS) is 21.2. The fourth-order valence-corrected chi connectivity index (χ4v) is 2.72. The van der Waals surface area contributed by atoms with Crippen molar-refractivity contribution in [3.63, 3.8) is 0 Å². The second kappa shape index (κ2) is 7.28. The van der Waals surface area contributed by atoms with E-state index in [-0.39, 0.29) is 6.04 Å². The first-order chi connectivity index (χ1) is 9.33. The van der Waals surface area contributed by atoms with Gasteiger partial charge in [0.25, 0.3) is 0 Å². The van der Waals surface area contributed by atoms with Crippen LogP contribution in [0.25, 0.3) is 0 Å². The van der Waals surface area contributed by atoms with Gasteiger partial charge in [-0.05, 0) is 37.4 Å². The molecule has 0 aliphatic carbocycles. The minimum Gasteiger partial charge on any atom is -0.301 e. The molecule has 2 atom stereocenters. The molecule has 1 N–H and O–H groups in total. The summed E-state index contributed by atoms with van der Waals surface area (Å²) in [5.41, 5.74) is 1.43. The summed E-state index contributed by atoms with van der Waals surface area (Å²) in [6.07, 6.45) is 2.28. The second-order valence-corrected chi connectivity index (χ2v) is 5.29. The summed E-state index contributed by atoms with van der Waals surface area (Å²) < 4.78 is 0. The number of hydrogen-bond donors (Lipinski definition) is 1.